The molecule has 1 atom stereocenters. The zero-order chi connectivity index (χ0) is 11.7. The number of hydrogen-bond donors (Lipinski definition) is 1. The minimum Gasteiger partial charge on any atom is -0.326 e. The first-order chi connectivity index (χ1) is 7.60. The van der Waals surface area contributed by atoms with E-state index in [1.807, 2.05) is 6.07 Å². The Morgan fingerprint density at radius 2 is 2.25 bits per heavy atom. The first-order valence-electron chi connectivity index (χ1n) is 4.87. The number of halogens is 1. The Hall–Kier alpha value is -1.93. The molecule has 0 spiro atoms. The molecule has 4 nitrogen and oxygen atoms in total. The Bertz CT molecular complexity index is 481. The maximum atomic E-state index is 13.2. The van der Waals surface area contributed by atoms with Crippen LogP contribution in [0.4, 0.5) is 10.1 Å². The quantitative estimate of drug-likeness (QED) is 0.758. The van der Waals surface area contributed by atoms with Gasteiger partial charge in [-0.05, 0) is 18.2 Å². The Labute approximate surface area is 92.1 Å². The van der Waals surface area contributed by atoms with Gasteiger partial charge in [-0.1, -0.05) is 0 Å². The van der Waals surface area contributed by atoms with Gasteiger partial charge in [-0.3, -0.25) is 4.79 Å². The Balaban J connectivity index is 2.37. The number of anilines is 1. The molecular weight excluding hydrogens is 209 g/mol. The lowest BCUT2D eigenvalue weighted by molar-refractivity contribution is -0.117. The molecule has 16 heavy (non-hydrogen) atoms. The molecule has 0 aliphatic carbocycles. The van der Waals surface area contributed by atoms with Gasteiger partial charge in [0.15, 0.2) is 0 Å². The molecule has 1 fully saturated rings. The number of benzene rings is 1. The molecule has 82 valence electrons. The van der Waals surface area contributed by atoms with E-state index < -0.39 is 5.82 Å². The van der Waals surface area contributed by atoms with Gasteiger partial charge >= 0.3 is 0 Å². The third-order valence-electron chi connectivity index (χ3n) is 2.48. The van der Waals surface area contributed by atoms with Crippen molar-refractivity contribution in [3.05, 3.63) is 29.6 Å². The fourth-order valence-electron chi connectivity index (χ4n) is 1.78. The maximum absolute atomic E-state index is 13.2. The lowest BCUT2D eigenvalue weighted by Gasteiger charge is -2.16. The first-order valence-corrected chi connectivity index (χ1v) is 4.87. The maximum Gasteiger partial charge on any atom is 0.228 e. The SMILES string of the molecule is N#Cc1cc(F)cc(N2CC(N)CC2=O)c1. The molecule has 0 aromatic heterocycles. The first kappa shape index (κ1) is 10.6. The normalized spacial score (nSPS) is 19.9. The summed E-state index contributed by atoms with van der Waals surface area (Å²) in [5.74, 6) is -0.663. The van der Waals surface area contributed by atoms with Gasteiger partial charge in [-0.15, -0.1) is 0 Å². The lowest BCUT2D eigenvalue weighted by atomic mass is 10.2. The lowest BCUT2D eigenvalue weighted by Crippen LogP contribution is -2.28. The van der Waals surface area contributed by atoms with Crippen molar-refractivity contribution in [2.75, 3.05) is 11.4 Å². The van der Waals surface area contributed by atoms with Crippen LogP contribution in [0, 0.1) is 17.1 Å². The second-order valence-corrected chi connectivity index (χ2v) is 3.78. The number of amides is 1. The molecule has 2 rings (SSSR count). The molecule has 1 heterocycles. The highest BCUT2D eigenvalue weighted by molar-refractivity contribution is 5.96. The summed E-state index contributed by atoms with van der Waals surface area (Å²) in [6, 6.07) is 5.47. The topological polar surface area (TPSA) is 70.1 Å². The Morgan fingerprint density at radius 3 is 2.81 bits per heavy atom. The summed E-state index contributed by atoms with van der Waals surface area (Å²) in [4.78, 5) is 12.9. The highest BCUT2D eigenvalue weighted by Crippen LogP contribution is 2.23. The molecule has 0 radical (unpaired) electrons. The summed E-state index contributed by atoms with van der Waals surface area (Å²) in [7, 11) is 0. The monoisotopic (exact) mass is 219 g/mol. The van der Waals surface area contributed by atoms with Crippen LogP contribution in [0.3, 0.4) is 0 Å². The molecule has 1 unspecified atom stereocenters. The third-order valence-corrected chi connectivity index (χ3v) is 2.48. The predicted molar refractivity (Wildman–Crippen MR) is 56.1 cm³/mol. The van der Waals surface area contributed by atoms with Gasteiger partial charge in [0.25, 0.3) is 0 Å². The van der Waals surface area contributed by atoms with Crippen molar-refractivity contribution >= 4 is 11.6 Å². The fraction of sp³-hybridized carbons (Fsp3) is 0.273. The second kappa shape index (κ2) is 3.91. The highest BCUT2D eigenvalue weighted by atomic mass is 19.1. The molecule has 2 N–H and O–H groups in total. The van der Waals surface area contributed by atoms with Gasteiger partial charge < -0.3 is 10.6 Å². The molecule has 0 bridgehead atoms. The molecule has 1 amide bonds. The minimum atomic E-state index is -0.526. The van der Waals surface area contributed by atoms with Crippen LogP contribution in [0.5, 0.6) is 0 Å². The summed E-state index contributed by atoms with van der Waals surface area (Å²) >= 11 is 0. The number of hydrogen-bond acceptors (Lipinski definition) is 3. The number of rotatable bonds is 1. The Morgan fingerprint density at radius 1 is 1.50 bits per heavy atom. The van der Waals surface area contributed by atoms with E-state index in [4.69, 9.17) is 11.0 Å². The van der Waals surface area contributed by atoms with Crippen molar-refractivity contribution in [1.29, 1.82) is 5.26 Å². The van der Waals surface area contributed by atoms with Crippen LogP contribution < -0.4 is 10.6 Å². The second-order valence-electron chi connectivity index (χ2n) is 3.78. The summed E-state index contributed by atoms with van der Waals surface area (Å²) in [6.07, 6.45) is 0.262. The van der Waals surface area contributed by atoms with Gasteiger partial charge in [-0.2, -0.15) is 5.26 Å². The van der Waals surface area contributed by atoms with E-state index in [1.165, 1.54) is 17.0 Å². The van der Waals surface area contributed by atoms with Crippen LogP contribution >= 0.6 is 0 Å². The van der Waals surface area contributed by atoms with Crippen LogP contribution in [0.1, 0.15) is 12.0 Å². The Kier molecular flexibility index (Phi) is 2.59. The van der Waals surface area contributed by atoms with Gasteiger partial charge in [-0.25, -0.2) is 4.39 Å². The van der Waals surface area contributed by atoms with Crippen LogP contribution in [-0.4, -0.2) is 18.5 Å². The molecule has 1 aromatic rings. The van der Waals surface area contributed by atoms with Crippen molar-refractivity contribution in [1.82, 2.24) is 0 Å². The van der Waals surface area contributed by atoms with Gasteiger partial charge in [0.05, 0.1) is 11.6 Å². The number of nitriles is 1. The number of nitrogens with zero attached hydrogens (tertiary/aromatic N) is 2. The summed E-state index contributed by atoms with van der Waals surface area (Å²) < 4.78 is 13.2. The molecule has 0 saturated carbocycles. The average molecular weight is 219 g/mol. The zero-order valence-corrected chi connectivity index (χ0v) is 8.48. The highest BCUT2D eigenvalue weighted by Gasteiger charge is 2.28. The molecule has 1 aliphatic rings. The van der Waals surface area contributed by atoms with Crippen molar-refractivity contribution in [3.63, 3.8) is 0 Å². The summed E-state index contributed by atoms with van der Waals surface area (Å²) in [6.45, 7) is 0.368. The number of carbonyl (C=O) groups excluding carboxylic acids is 1. The van der Waals surface area contributed by atoms with E-state index in [0.717, 1.165) is 6.07 Å². The van der Waals surface area contributed by atoms with Crippen molar-refractivity contribution in [2.24, 2.45) is 5.73 Å². The van der Waals surface area contributed by atoms with E-state index in [0.29, 0.717) is 12.2 Å². The zero-order valence-electron chi connectivity index (χ0n) is 8.48. The molecule has 5 heteroatoms. The van der Waals surface area contributed by atoms with E-state index in [1.54, 1.807) is 0 Å². The van der Waals surface area contributed by atoms with Crippen molar-refractivity contribution in [2.45, 2.75) is 12.5 Å². The smallest absolute Gasteiger partial charge is 0.228 e. The van der Waals surface area contributed by atoms with Crippen LogP contribution in [0.2, 0.25) is 0 Å². The largest absolute Gasteiger partial charge is 0.326 e. The number of nitrogens with two attached hydrogens (primary N) is 1. The van der Waals surface area contributed by atoms with Gasteiger partial charge in [0.2, 0.25) is 5.91 Å². The molecule has 1 saturated heterocycles. The average Bonchev–Trinajstić information content (AvgIpc) is 2.57. The van der Waals surface area contributed by atoms with Gasteiger partial charge in [0.1, 0.15) is 5.82 Å². The third kappa shape index (κ3) is 1.88. The van der Waals surface area contributed by atoms with Crippen molar-refractivity contribution < 1.29 is 9.18 Å². The minimum absolute atomic E-state index is 0.137. The van der Waals surface area contributed by atoms with E-state index in [2.05, 4.69) is 0 Å². The molecular formula is C11H10FN3O. The molecule has 1 aromatic carbocycles. The van der Waals surface area contributed by atoms with Crippen molar-refractivity contribution in [3.8, 4) is 6.07 Å². The fourth-order valence-corrected chi connectivity index (χ4v) is 1.78. The molecule has 1 aliphatic heterocycles. The standard InChI is InChI=1S/C11H10FN3O/c12-8-1-7(5-13)2-10(3-8)15-6-9(14)4-11(15)16/h1-3,9H,4,6,14H2. The van der Waals surface area contributed by atoms with Gasteiger partial charge in [0, 0.05) is 24.7 Å². The predicted octanol–water partition coefficient (Wildman–Crippen LogP) is 0.761. The van der Waals surface area contributed by atoms with E-state index >= 15 is 0 Å². The van der Waals surface area contributed by atoms with Crippen LogP contribution in [0.15, 0.2) is 18.2 Å². The van der Waals surface area contributed by atoms with E-state index in [-0.39, 0.29) is 23.9 Å². The van der Waals surface area contributed by atoms with E-state index in [9.17, 15) is 9.18 Å². The number of carbonyl (C=O) groups is 1. The van der Waals surface area contributed by atoms with Crippen LogP contribution in [-0.2, 0) is 4.79 Å². The summed E-state index contributed by atoms with van der Waals surface area (Å²) in [5, 5.41) is 8.70. The summed E-state index contributed by atoms with van der Waals surface area (Å²) in [5.41, 5.74) is 6.24. The van der Waals surface area contributed by atoms with Crippen LogP contribution in [0.25, 0.3) is 0 Å².